The van der Waals surface area contributed by atoms with Gasteiger partial charge in [-0.05, 0) is 23.0 Å². The highest BCUT2D eigenvalue weighted by Gasteiger charge is 2.15. The predicted octanol–water partition coefficient (Wildman–Crippen LogP) is -1.06. The van der Waals surface area contributed by atoms with Crippen molar-refractivity contribution < 1.29 is 15.5 Å². The molecule has 5 N–H and O–H groups in total. The molecule has 1 aromatic carbocycles. The largest absolute Gasteiger partial charge is 0.342 e. The normalized spacial score (nSPS) is 16.9. The molecule has 3 nitrogen and oxygen atoms in total. The summed E-state index contributed by atoms with van der Waals surface area (Å²) in [5.74, 6) is 0. The SMILES string of the molecule is CC(C)(C)c1ccc(CCC[NH2+]CC[NH+]2CC[NH2+]CC2)cc1. The van der Waals surface area contributed by atoms with E-state index in [-0.39, 0.29) is 5.41 Å². The van der Waals surface area contributed by atoms with Gasteiger partial charge in [0.25, 0.3) is 0 Å². The third kappa shape index (κ3) is 6.07. The molecule has 0 unspecified atom stereocenters. The maximum atomic E-state index is 2.51. The molecule has 1 fully saturated rings. The lowest BCUT2D eigenvalue weighted by Gasteiger charge is -2.21. The summed E-state index contributed by atoms with van der Waals surface area (Å²) >= 11 is 0. The van der Waals surface area contributed by atoms with E-state index in [1.54, 1.807) is 4.90 Å². The van der Waals surface area contributed by atoms with Crippen LogP contribution >= 0.6 is 0 Å². The van der Waals surface area contributed by atoms with E-state index < -0.39 is 0 Å². The maximum absolute atomic E-state index is 2.51. The van der Waals surface area contributed by atoms with Crippen molar-refractivity contribution in [1.82, 2.24) is 0 Å². The van der Waals surface area contributed by atoms with Crippen LogP contribution in [0, 0.1) is 0 Å². The fourth-order valence-corrected chi connectivity index (χ4v) is 3.20. The van der Waals surface area contributed by atoms with E-state index in [9.17, 15) is 0 Å². The summed E-state index contributed by atoms with van der Waals surface area (Å²) in [5.41, 5.74) is 3.18. The number of rotatable bonds is 7. The van der Waals surface area contributed by atoms with Gasteiger partial charge in [0, 0.05) is 6.42 Å². The Bertz CT molecular complexity index is 413. The highest BCUT2D eigenvalue weighted by molar-refractivity contribution is 5.27. The van der Waals surface area contributed by atoms with Crippen molar-refractivity contribution in [2.24, 2.45) is 0 Å². The van der Waals surface area contributed by atoms with Gasteiger partial charge in [-0.3, -0.25) is 0 Å². The van der Waals surface area contributed by atoms with E-state index in [0.29, 0.717) is 0 Å². The minimum atomic E-state index is 0.265. The second kappa shape index (κ2) is 8.66. The first-order valence-corrected chi connectivity index (χ1v) is 9.12. The van der Waals surface area contributed by atoms with Crippen LogP contribution in [-0.2, 0) is 11.8 Å². The van der Waals surface area contributed by atoms with Gasteiger partial charge in [0.1, 0.15) is 39.3 Å². The molecule has 0 amide bonds. The molecule has 0 saturated carbocycles. The quantitative estimate of drug-likeness (QED) is 0.538. The molecular formula is C19H36N3+3. The number of quaternary nitrogens is 3. The summed E-state index contributed by atoms with van der Waals surface area (Å²) in [6.45, 7) is 16.1. The second-order valence-electron chi connectivity index (χ2n) is 7.78. The number of hydrogen-bond donors (Lipinski definition) is 3. The highest BCUT2D eigenvalue weighted by Crippen LogP contribution is 2.22. The summed E-state index contributed by atoms with van der Waals surface area (Å²) in [6, 6.07) is 9.23. The molecule has 0 aromatic heterocycles. The molecule has 1 saturated heterocycles. The topological polar surface area (TPSA) is 37.7 Å². The van der Waals surface area contributed by atoms with Crippen LogP contribution in [0.2, 0.25) is 0 Å². The fourth-order valence-electron chi connectivity index (χ4n) is 3.20. The summed E-state index contributed by atoms with van der Waals surface area (Å²) < 4.78 is 0. The minimum Gasteiger partial charge on any atom is -0.342 e. The van der Waals surface area contributed by atoms with Crippen molar-refractivity contribution in [2.45, 2.75) is 39.0 Å². The molecule has 2 rings (SSSR count). The number of nitrogens with two attached hydrogens (primary N) is 2. The average molecular weight is 307 g/mol. The Kier molecular flexibility index (Phi) is 6.87. The molecule has 1 aliphatic heterocycles. The summed E-state index contributed by atoms with van der Waals surface area (Å²) in [4.78, 5) is 1.80. The monoisotopic (exact) mass is 306 g/mol. The van der Waals surface area contributed by atoms with Crippen LogP contribution in [0.5, 0.6) is 0 Å². The lowest BCUT2D eigenvalue weighted by Crippen LogP contribution is -3.22. The lowest BCUT2D eigenvalue weighted by molar-refractivity contribution is -0.954. The molecule has 0 bridgehead atoms. The van der Waals surface area contributed by atoms with Crippen LogP contribution in [0.3, 0.4) is 0 Å². The van der Waals surface area contributed by atoms with Gasteiger partial charge in [0.2, 0.25) is 0 Å². The fraction of sp³-hybridized carbons (Fsp3) is 0.684. The van der Waals surface area contributed by atoms with E-state index in [1.807, 2.05) is 0 Å². The Hall–Kier alpha value is -0.900. The van der Waals surface area contributed by atoms with Crippen molar-refractivity contribution >= 4 is 0 Å². The Labute approximate surface area is 136 Å². The Morgan fingerprint density at radius 2 is 1.73 bits per heavy atom. The van der Waals surface area contributed by atoms with Crippen molar-refractivity contribution in [3.8, 4) is 0 Å². The van der Waals surface area contributed by atoms with E-state index in [1.165, 1.54) is 69.8 Å². The van der Waals surface area contributed by atoms with Crippen LogP contribution < -0.4 is 15.5 Å². The summed E-state index contributed by atoms with van der Waals surface area (Å²) in [7, 11) is 0. The van der Waals surface area contributed by atoms with Crippen molar-refractivity contribution in [3.63, 3.8) is 0 Å². The lowest BCUT2D eigenvalue weighted by atomic mass is 9.86. The molecule has 1 aromatic rings. The zero-order valence-corrected chi connectivity index (χ0v) is 14.8. The van der Waals surface area contributed by atoms with Gasteiger partial charge < -0.3 is 15.5 Å². The van der Waals surface area contributed by atoms with Crippen LogP contribution in [-0.4, -0.2) is 45.8 Å². The predicted molar refractivity (Wildman–Crippen MR) is 92.3 cm³/mol. The average Bonchev–Trinajstić information content (AvgIpc) is 2.51. The Balaban J connectivity index is 1.56. The maximum Gasteiger partial charge on any atom is 0.127 e. The van der Waals surface area contributed by atoms with Gasteiger partial charge in [-0.1, -0.05) is 45.0 Å². The van der Waals surface area contributed by atoms with Crippen LogP contribution in [0.1, 0.15) is 38.3 Å². The molecule has 0 atom stereocenters. The first-order chi connectivity index (χ1) is 10.6. The molecule has 1 heterocycles. The van der Waals surface area contributed by atoms with Gasteiger partial charge in [0.15, 0.2) is 0 Å². The van der Waals surface area contributed by atoms with Crippen LogP contribution in [0.15, 0.2) is 24.3 Å². The first kappa shape index (κ1) is 17.5. The van der Waals surface area contributed by atoms with Crippen LogP contribution in [0.25, 0.3) is 0 Å². The molecule has 22 heavy (non-hydrogen) atoms. The third-order valence-electron chi connectivity index (χ3n) is 4.80. The number of piperazine rings is 1. The number of hydrogen-bond acceptors (Lipinski definition) is 0. The minimum absolute atomic E-state index is 0.265. The standard InChI is InChI=1S/C19H33N3/c1-19(2,3)18-8-6-17(7-9-18)5-4-10-20-11-14-22-15-12-21-13-16-22/h6-9,20-21H,4-5,10-16H2,1-3H3/p+3. The van der Waals surface area contributed by atoms with Gasteiger partial charge in [-0.2, -0.15) is 0 Å². The zero-order valence-electron chi connectivity index (χ0n) is 14.8. The highest BCUT2D eigenvalue weighted by atomic mass is 15.2. The summed E-state index contributed by atoms with van der Waals surface area (Å²) in [6.07, 6.45) is 2.50. The van der Waals surface area contributed by atoms with Gasteiger partial charge >= 0.3 is 0 Å². The van der Waals surface area contributed by atoms with Crippen molar-refractivity contribution in [1.29, 1.82) is 0 Å². The van der Waals surface area contributed by atoms with Gasteiger partial charge in [0.05, 0.1) is 6.54 Å². The molecule has 0 spiro atoms. The molecule has 3 heteroatoms. The molecular weight excluding hydrogens is 270 g/mol. The zero-order chi connectivity index (χ0) is 15.8. The second-order valence-corrected chi connectivity index (χ2v) is 7.78. The Morgan fingerprint density at radius 3 is 2.36 bits per heavy atom. The number of nitrogens with one attached hydrogen (secondary N) is 1. The molecule has 0 radical (unpaired) electrons. The van der Waals surface area contributed by atoms with E-state index in [0.717, 1.165) is 0 Å². The van der Waals surface area contributed by atoms with E-state index in [2.05, 4.69) is 55.7 Å². The van der Waals surface area contributed by atoms with Gasteiger partial charge in [-0.25, -0.2) is 0 Å². The molecule has 1 aliphatic rings. The third-order valence-corrected chi connectivity index (χ3v) is 4.80. The smallest absolute Gasteiger partial charge is 0.127 e. The van der Waals surface area contributed by atoms with Crippen LogP contribution in [0.4, 0.5) is 0 Å². The molecule has 0 aliphatic carbocycles. The first-order valence-electron chi connectivity index (χ1n) is 9.12. The number of aryl methyl sites for hydroxylation is 1. The van der Waals surface area contributed by atoms with Crippen molar-refractivity contribution in [3.05, 3.63) is 35.4 Å². The van der Waals surface area contributed by atoms with E-state index in [4.69, 9.17) is 0 Å². The van der Waals surface area contributed by atoms with Crippen molar-refractivity contribution in [2.75, 3.05) is 45.8 Å². The number of benzene rings is 1. The Morgan fingerprint density at radius 1 is 1.05 bits per heavy atom. The van der Waals surface area contributed by atoms with Gasteiger partial charge in [-0.15, -0.1) is 0 Å². The summed E-state index contributed by atoms with van der Waals surface area (Å²) in [5, 5.41) is 4.95. The van der Waals surface area contributed by atoms with E-state index >= 15 is 0 Å². The molecule has 124 valence electrons.